The molecule has 4 rings (SSSR count). The third-order valence-electron chi connectivity index (χ3n) is 6.11. The maximum Gasteiger partial charge on any atom is 0.387 e. The summed E-state index contributed by atoms with van der Waals surface area (Å²) in [4.78, 5) is 0. The second-order valence-corrected chi connectivity index (χ2v) is 8.77. The number of benzene rings is 4. The molecule has 0 spiro atoms. The zero-order chi connectivity index (χ0) is 26.4. The number of ether oxygens (including phenoxy) is 1. The van der Waals surface area contributed by atoms with Crippen molar-refractivity contribution >= 4 is 10.8 Å². The van der Waals surface area contributed by atoms with Gasteiger partial charge in [-0.2, -0.15) is 8.78 Å². The van der Waals surface area contributed by atoms with E-state index in [1.165, 1.54) is 37.3 Å². The van der Waals surface area contributed by atoms with Crippen molar-refractivity contribution in [3.8, 4) is 28.7 Å². The summed E-state index contributed by atoms with van der Waals surface area (Å²) in [6, 6.07) is 18.6. The fraction of sp³-hybridized carbons (Fsp3) is 0.226. The van der Waals surface area contributed by atoms with Gasteiger partial charge >= 0.3 is 6.61 Å². The van der Waals surface area contributed by atoms with Crippen LogP contribution in [0, 0.1) is 29.3 Å². The van der Waals surface area contributed by atoms with Gasteiger partial charge < -0.3 is 4.74 Å². The second kappa shape index (κ2) is 11.9. The fourth-order valence-corrected chi connectivity index (χ4v) is 4.16. The van der Waals surface area contributed by atoms with Gasteiger partial charge in [0.15, 0.2) is 17.4 Å². The molecule has 4 aromatic carbocycles. The van der Waals surface area contributed by atoms with Gasteiger partial charge in [0, 0.05) is 10.9 Å². The number of halogens is 5. The molecule has 0 aromatic heterocycles. The Morgan fingerprint density at radius 3 is 2.14 bits per heavy atom. The summed E-state index contributed by atoms with van der Waals surface area (Å²) in [6.07, 6.45) is 5.93. The molecule has 0 saturated heterocycles. The summed E-state index contributed by atoms with van der Waals surface area (Å²) in [7, 11) is 0. The molecular formula is C31H25F5O. The third-order valence-corrected chi connectivity index (χ3v) is 6.11. The van der Waals surface area contributed by atoms with Crippen LogP contribution in [0.1, 0.15) is 49.3 Å². The van der Waals surface area contributed by atoms with E-state index in [2.05, 4.69) is 47.8 Å². The van der Waals surface area contributed by atoms with Gasteiger partial charge in [0.1, 0.15) is 5.82 Å². The van der Waals surface area contributed by atoms with Crippen LogP contribution in [0.25, 0.3) is 21.9 Å². The molecule has 0 heterocycles. The van der Waals surface area contributed by atoms with Crippen LogP contribution in [0.2, 0.25) is 0 Å². The van der Waals surface area contributed by atoms with E-state index >= 15 is 4.39 Å². The maximum absolute atomic E-state index is 15.1. The van der Waals surface area contributed by atoms with E-state index in [4.69, 9.17) is 0 Å². The Labute approximate surface area is 212 Å². The summed E-state index contributed by atoms with van der Waals surface area (Å²) >= 11 is 0. The predicted molar refractivity (Wildman–Crippen MR) is 136 cm³/mol. The van der Waals surface area contributed by atoms with Crippen LogP contribution in [-0.2, 0) is 6.42 Å². The molecule has 0 radical (unpaired) electrons. The zero-order valence-electron chi connectivity index (χ0n) is 20.3. The number of unbranched alkanes of at least 4 members (excludes halogenated alkanes) is 3. The molecule has 0 fully saturated rings. The van der Waals surface area contributed by atoms with E-state index in [1.54, 1.807) is 12.1 Å². The molecule has 0 amide bonds. The molecular weight excluding hydrogens is 483 g/mol. The lowest BCUT2D eigenvalue weighted by Crippen LogP contribution is -2.06. The molecule has 0 atom stereocenters. The highest BCUT2D eigenvalue weighted by atomic mass is 19.3. The molecule has 1 nitrogen and oxygen atoms in total. The molecule has 190 valence electrons. The van der Waals surface area contributed by atoms with Crippen molar-refractivity contribution in [1.82, 2.24) is 0 Å². The van der Waals surface area contributed by atoms with Crippen LogP contribution in [0.15, 0.2) is 66.7 Å². The lowest BCUT2D eigenvalue weighted by atomic mass is 9.98. The highest BCUT2D eigenvalue weighted by Gasteiger charge is 2.16. The first-order valence-corrected chi connectivity index (χ1v) is 12.1. The predicted octanol–water partition coefficient (Wildman–Crippen LogP) is 9.05. The topological polar surface area (TPSA) is 9.23 Å². The van der Waals surface area contributed by atoms with Crippen molar-refractivity contribution in [3.63, 3.8) is 0 Å². The van der Waals surface area contributed by atoms with E-state index in [9.17, 15) is 17.6 Å². The number of hydrogen-bond donors (Lipinski definition) is 0. The van der Waals surface area contributed by atoms with E-state index < -0.39 is 29.8 Å². The van der Waals surface area contributed by atoms with E-state index in [-0.39, 0.29) is 11.1 Å². The van der Waals surface area contributed by atoms with E-state index in [1.807, 2.05) is 12.1 Å². The molecule has 0 aliphatic heterocycles. The van der Waals surface area contributed by atoms with Crippen LogP contribution < -0.4 is 4.74 Å². The van der Waals surface area contributed by atoms with E-state index in [0.29, 0.717) is 10.8 Å². The number of fused-ring (bicyclic) bond motifs is 1. The van der Waals surface area contributed by atoms with Crippen molar-refractivity contribution < 1.29 is 26.7 Å². The lowest BCUT2D eigenvalue weighted by Gasteiger charge is -2.08. The average molecular weight is 509 g/mol. The molecule has 0 saturated carbocycles. The van der Waals surface area contributed by atoms with Crippen molar-refractivity contribution in [1.29, 1.82) is 0 Å². The number of aryl methyl sites for hydroxylation is 1. The fourth-order valence-electron chi connectivity index (χ4n) is 4.16. The first kappa shape index (κ1) is 26.2. The number of alkyl halides is 2. The standard InChI is InChI=1S/C31H25F5O/c1-2-3-4-5-6-20-7-10-22(11-8-20)24-15-16-26-25(19-24)14-13-23(29(26)34)12-9-21-17-27(32)30(28(33)18-21)37-31(35)36/h7-8,10-11,13-19,31H,2-6H2,1H3. The second-order valence-electron chi connectivity index (χ2n) is 8.77. The van der Waals surface area contributed by atoms with Gasteiger partial charge in [0.05, 0.1) is 5.56 Å². The van der Waals surface area contributed by atoms with Gasteiger partial charge in [-0.25, -0.2) is 13.2 Å². The highest BCUT2D eigenvalue weighted by Crippen LogP contribution is 2.28. The molecule has 0 aliphatic carbocycles. The molecule has 4 aromatic rings. The minimum atomic E-state index is -3.37. The molecule has 6 heteroatoms. The van der Waals surface area contributed by atoms with Crippen molar-refractivity contribution in [2.24, 2.45) is 0 Å². The smallest absolute Gasteiger partial charge is 0.387 e. The van der Waals surface area contributed by atoms with Gasteiger partial charge in [-0.15, -0.1) is 0 Å². The van der Waals surface area contributed by atoms with Crippen molar-refractivity contribution in [2.45, 2.75) is 45.6 Å². The zero-order valence-corrected chi connectivity index (χ0v) is 20.3. The Morgan fingerprint density at radius 2 is 1.46 bits per heavy atom. The average Bonchev–Trinajstić information content (AvgIpc) is 2.88. The largest absolute Gasteiger partial charge is 0.429 e. The summed E-state index contributed by atoms with van der Waals surface area (Å²) < 4.78 is 71.4. The Kier molecular flexibility index (Phi) is 8.45. The summed E-state index contributed by atoms with van der Waals surface area (Å²) in [5, 5.41) is 1.05. The Bertz CT molecular complexity index is 1430. The quantitative estimate of drug-likeness (QED) is 0.131. The van der Waals surface area contributed by atoms with Gasteiger partial charge in [0.25, 0.3) is 0 Å². The molecule has 0 aliphatic rings. The molecule has 0 unspecified atom stereocenters. The molecule has 37 heavy (non-hydrogen) atoms. The highest BCUT2D eigenvalue weighted by molar-refractivity contribution is 5.89. The van der Waals surface area contributed by atoms with Gasteiger partial charge in [-0.3, -0.25) is 0 Å². The third kappa shape index (κ3) is 6.48. The minimum Gasteiger partial charge on any atom is -0.429 e. The van der Waals surface area contributed by atoms with Crippen molar-refractivity contribution in [3.05, 3.63) is 101 Å². The van der Waals surface area contributed by atoms with Gasteiger partial charge in [-0.1, -0.05) is 80.5 Å². The minimum absolute atomic E-state index is 0.0430. The van der Waals surface area contributed by atoms with Gasteiger partial charge in [-0.05, 0) is 59.2 Å². The SMILES string of the molecule is CCCCCCc1ccc(-c2ccc3c(F)c(C#Cc4cc(F)c(OC(F)F)c(F)c4)ccc3c2)cc1. The Balaban J connectivity index is 1.54. The summed E-state index contributed by atoms with van der Waals surface area (Å²) in [5.41, 5.74) is 3.19. The maximum atomic E-state index is 15.1. The molecule has 0 bridgehead atoms. The van der Waals surface area contributed by atoms with Crippen LogP contribution in [0.5, 0.6) is 5.75 Å². The lowest BCUT2D eigenvalue weighted by molar-refractivity contribution is -0.0546. The van der Waals surface area contributed by atoms with Crippen molar-refractivity contribution in [2.75, 3.05) is 0 Å². The van der Waals surface area contributed by atoms with Crippen LogP contribution in [0.3, 0.4) is 0 Å². The summed E-state index contributed by atoms with van der Waals surface area (Å²) in [6.45, 7) is -1.17. The van der Waals surface area contributed by atoms with Crippen LogP contribution >= 0.6 is 0 Å². The van der Waals surface area contributed by atoms with Gasteiger partial charge in [0.2, 0.25) is 0 Å². The first-order valence-electron chi connectivity index (χ1n) is 12.1. The summed E-state index contributed by atoms with van der Waals surface area (Å²) in [5.74, 6) is 0.665. The van der Waals surface area contributed by atoms with Crippen LogP contribution in [0.4, 0.5) is 22.0 Å². The number of rotatable bonds is 8. The molecule has 0 N–H and O–H groups in total. The normalized spacial score (nSPS) is 11.0. The Morgan fingerprint density at radius 1 is 0.757 bits per heavy atom. The number of hydrogen-bond acceptors (Lipinski definition) is 1. The van der Waals surface area contributed by atoms with E-state index in [0.717, 1.165) is 29.7 Å². The Hall–Kier alpha value is -3.85. The first-order chi connectivity index (χ1) is 17.9. The monoisotopic (exact) mass is 508 g/mol. The van der Waals surface area contributed by atoms with Crippen LogP contribution in [-0.4, -0.2) is 6.61 Å².